The Morgan fingerprint density at radius 1 is 1.12 bits per heavy atom. The van der Waals surface area contributed by atoms with Crippen LogP contribution < -0.4 is 16.8 Å². The second kappa shape index (κ2) is 4.92. The number of nitrogens with two attached hydrogens (primary N) is 2. The highest BCUT2D eigenvalue weighted by molar-refractivity contribution is 6.07. The molecule has 0 radical (unpaired) electrons. The van der Waals surface area contributed by atoms with Crippen molar-refractivity contribution in [2.75, 3.05) is 5.32 Å². The van der Waals surface area contributed by atoms with Crippen LogP contribution >= 0.6 is 0 Å². The van der Waals surface area contributed by atoms with Gasteiger partial charge in [-0.05, 0) is 12.1 Å². The molecule has 6 heteroatoms. The van der Waals surface area contributed by atoms with Crippen molar-refractivity contribution >= 4 is 23.4 Å². The Balaban J connectivity index is 2.84. The van der Waals surface area contributed by atoms with Gasteiger partial charge in [-0.1, -0.05) is 12.1 Å². The summed E-state index contributed by atoms with van der Waals surface area (Å²) in [6.45, 7) is 0. The number of anilines is 1. The van der Waals surface area contributed by atoms with Crippen molar-refractivity contribution < 1.29 is 14.4 Å². The zero-order chi connectivity index (χ0) is 12.1. The fourth-order valence-electron chi connectivity index (χ4n) is 1.16. The quantitative estimate of drug-likeness (QED) is 0.600. The van der Waals surface area contributed by atoms with Gasteiger partial charge in [-0.25, -0.2) is 0 Å². The second-order valence-corrected chi connectivity index (χ2v) is 3.10. The number of para-hydroxylation sites is 1. The summed E-state index contributed by atoms with van der Waals surface area (Å²) in [5, 5.41) is 2.38. The van der Waals surface area contributed by atoms with Crippen LogP contribution in [0, 0.1) is 0 Å². The highest BCUT2D eigenvalue weighted by atomic mass is 16.2. The molecule has 0 aromatic heterocycles. The Kier molecular flexibility index (Phi) is 3.60. The maximum absolute atomic E-state index is 11.2. The molecule has 16 heavy (non-hydrogen) atoms. The molecule has 5 N–H and O–H groups in total. The summed E-state index contributed by atoms with van der Waals surface area (Å²) in [7, 11) is 0. The first kappa shape index (κ1) is 11.7. The summed E-state index contributed by atoms with van der Waals surface area (Å²) in [6, 6.07) is 6.23. The van der Waals surface area contributed by atoms with Gasteiger partial charge in [0.15, 0.2) is 0 Å². The smallest absolute Gasteiger partial charge is 0.250 e. The van der Waals surface area contributed by atoms with Gasteiger partial charge in [0.2, 0.25) is 11.8 Å². The number of carbonyl (C=O) groups excluding carboxylic acids is 3. The molecule has 0 atom stereocenters. The molecular weight excluding hydrogens is 210 g/mol. The van der Waals surface area contributed by atoms with Gasteiger partial charge in [0.25, 0.3) is 5.91 Å². The zero-order valence-corrected chi connectivity index (χ0v) is 8.40. The van der Waals surface area contributed by atoms with E-state index in [0.717, 1.165) is 0 Å². The second-order valence-electron chi connectivity index (χ2n) is 3.10. The minimum absolute atomic E-state index is 0.181. The zero-order valence-electron chi connectivity index (χ0n) is 8.40. The van der Waals surface area contributed by atoms with Gasteiger partial charge in [0.05, 0.1) is 11.3 Å². The number of hydrogen-bond acceptors (Lipinski definition) is 3. The average molecular weight is 221 g/mol. The lowest BCUT2D eigenvalue weighted by molar-refractivity contribution is -0.124. The van der Waals surface area contributed by atoms with E-state index in [-0.39, 0.29) is 11.3 Å². The molecule has 0 heterocycles. The highest BCUT2D eigenvalue weighted by Crippen LogP contribution is 2.14. The van der Waals surface area contributed by atoms with Gasteiger partial charge in [0.1, 0.15) is 6.42 Å². The van der Waals surface area contributed by atoms with Crippen LogP contribution in [0.15, 0.2) is 24.3 Å². The topological polar surface area (TPSA) is 115 Å². The average Bonchev–Trinajstić information content (AvgIpc) is 2.16. The summed E-state index contributed by atoms with van der Waals surface area (Å²) in [5.41, 5.74) is 10.4. The number of primary amides is 2. The lowest BCUT2D eigenvalue weighted by Crippen LogP contribution is -2.23. The number of benzene rings is 1. The van der Waals surface area contributed by atoms with E-state index in [1.807, 2.05) is 0 Å². The SMILES string of the molecule is NC(=O)CC(=O)Nc1ccccc1C(N)=O. The van der Waals surface area contributed by atoms with E-state index in [4.69, 9.17) is 11.5 Å². The Morgan fingerprint density at radius 2 is 1.75 bits per heavy atom. The van der Waals surface area contributed by atoms with Crippen LogP contribution in [0.2, 0.25) is 0 Å². The van der Waals surface area contributed by atoms with Gasteiger partial charge < -0.3 is 16.8 Å². The van der Waals surface area contributed by atoms with Crippen LogP contribution in [-0.4, -0.2) is 17.7 Å². The van der Waals surface area contributed by atoms with Gasteiger partial charge in [-0.3, -0.25) is 14.4 Å². The van der Waals surface area contributed by atoms with Crippen LogP contribution in [0.1, 0.15) is 16.8 Å². The highest BCUT2D eigenvalue weighted by Gasteiger charge is 2.11. The van der Waals surface area contributed by atoms with Crippen molar-refractivity contribution in [1.29, 1.82) is 0 Å². The molecule has 0 aliphatic carbocycles. The predicted molar refractivity (Wildman–Crippen MR) is 57.4 cm³/mol. The Hall–Kier alpha value is -2.37. The third-order valence-electron chi connectivity index (χ3n) is 1.80. The third kappa shape index (κ3) is 3.09. The molecule has 3 amide bonds. The molecular formula is C10H11N3O3. The fourth-order valence-corrected chi connectivity index (χ4v) is 1.16. The van der Waals surface area contributed by atoms with Crippen molar-refractivity contribution in [3.8, 4) is 0 Å². The van der Waals surface area contributed by atoms with Crippen molar-refractivity contribution in [3.05, 3.63) is 29.8 Å². The molecule has 0 saturated heterocycles. The first-order chi connectivity index (χ1) is 7.50. The van der Waals surface area contributed by atoms with E-state index in [2.05, 4.69) is 5.32 Å². The molecule has 6 nitrogen and oxygen atoms in total. The number of carbonyl (C=O) groups is 3. The van der Waals surface area contributed by atoms with E-state index in [1.54, 1.807) is 12.1 Å². The van der Waals surface area contributed by atoms with Gasteiger partial charge in [-0.2, -0.15) is 0 Å². The fraction of sp³-hybridized carbons (Fsp3) is 0.100. The Morgan fingerprint density at radius 3 is 2.31 bits per heavy atom. The number of hydrogen-bond donors (Lipinski definition) is 3. The van der Waals surface area contributed by atoms with Gasteiger partial charge >= 0.3 is 0 Å². The van der Waals surface area contributed by atoms with Gasteiger partial charge in [-0.15, -0.1) is 0 Å². The first-order valence-corrected chi connectivity index (χ1v) is 4.47. The van der Waals surface area contributed by atoms with Crippen molar-refractivity contribution in [3.63, 3.8) is 0 Å². The molecule has 0 fully saturated rings. The summed E-state index contributed by atoms with van der Waals surface area (Å²) in [6.07, 6.45) is -0.437. The number of rotatable bonds is 4. The molecule has 0 aliphatic rings. The largest absolute Gasteiger partial charge is 0.369 e. The Labute approximate surface area is 91.6 Å². The standard InChI is InChI=1S/C10H11N3O3/c11-8(14)5-9(15)13-7-4-2-1-3-6(7)10(12)16/h1-4H,5H2,(H2,11,14)(H2,12,16)(H,13,15). The van der Waals surface area contributed by atoms with Crippen molar-refractivity contribution in [1.82, 2.24) is 0 Å². The monoisotopic (exact) mass is 221 g/mol. The van der Waals surface area contributed by atoms with Crippen molar-refractivity contribution in [2.24, 2.45) is 11.5 Å². The maximum Gasteiger partial charge on any atom is 0.250 e. The molecule has 0 aliphatic heterocycles. The van der Waals surface area contributed by atoms with E-state index in [1.165, 1.54) is 12.1 Å². The normalized spacial score (nSPS) is 9.50. The van der Waals surface area contributed by atoms with Gasteiger partial charge in [0, 0.05) is 0 Å². The van der Waals surface area contributed by atoms with E-state index < -0.39 is 24.1 Å². The minimum atomic E-state index is -0.742. The minimum Gasteiger partial charge on any atom is -0.369 e. The maximum atomic E-state index is 11.2. The summed E-state index contributed by atoms with van der Waals surface area (Å²) in [5.74, 6) is -1.98. The summed E-state index contributed by atoms with van der Waals surface area (Å²) < 4.78 is 0. The molecule has 1 rings (SSSR count). The first-order valence-electron chi connectivity index (χ1n) is 4.47. The third-order valence-corrected chi connectivity index (χ3v) is 1.80. The molecule has 0 spiro atoms. The molecule has 1 aromatic rings. The molecule has 0 saturated carbocycles. The Bertz CT molecular complexity index is 443. The summed E-state index contributed by atoms with van der Waals surface area (Å²) in [4.78, 5) is 32.7. The lowest BCUT2D eigenvalue weighted by atomic mass is 10.1. The molecule has 84 valence electrons. The molecule has 0 unspecified atom stereocenters. The van der Waals surface area contributed by atoms with Crippen molar-refractivity contribution in [2.45, 2.75) is 6.42 Å². The van der Waals surface area contributed by atoms with Crippen LogP contribution in [0.4, 0.5) is 5.69 Å². The number of nitrogens with one attached hydrogen (secondary N) is 1. The van der Waals surface area contributed by atoms with E-state index in [0.29, 0.717) is 0 Å². The van der Waals surface area contributed by atoms with E-state index in [9.17, 15) is 14.4 Å². The molecule has 1 aromatic carbocycles. The van der Waals surface area contributed by atoms with Crippen LogP contribution in [0.3, 0.4) is 0 Å². The predicted octanol–water partition coefficient (Wildman–Crippen LogP) is -0.401. The lowest BCUT2D eigenvalue weighted by Gasteiger charge is -2.07. The van der Waals surface area contributed by atoms with Crippen LogP contribution in [0.25, 0.3) is 0 Å². The summed E-state index contributed by atoms with van der Waals surface area (Å²) >= 11 is 0. The number of amides is 3. The van der Waals surface area contributed by atoms with Crippen LogP contribution in [0.5, 0.6) is 0 Å². The molecule has 0 bridgehead atoms. The van der Waals surface area contributed by atoms with Crippen LogP contribution in [-0.2, 0) is 9.59 Å². The van der Waals surface area contributed by atoms with E-state index >= 15 is 0 Å².